The van der Waals surface area contributed by atoms with Crippen molar-refractivity contribution in [3.05, 3.63) is 53.9 Å². The lowest BCUT2D eigenvalue weighted by molar-refractivity contribution is -0.131. The number of aromatic nitrogens is 1. The van der Waals surface area contributed by atoms with Gasteiger partial charge in [0.05, 0.1) is 19.1 Å². The monoisotopic (exact) mass is 327 g/mol. The van der Waals surface area contributed by atoms with Gasteiger partial charge in [-0.3, -0.25) is 9.59 Å². The van der Waals surface area contributed by atoms with E-state index in [9.17, 15) is 9.59 Å². The highest BCUT2D eigenvalue weighted by Crippen LogP contribution is 2.20. The van der Waals surface area contributed by atoms with Crippen molar-refractivity contribution in [3.8, 4) is 5.75 Å². The third-order valence-electron chi connectivity index (χ3n) is 4.27. The molecule has 1 aromatic carbocycles. The van der Waals surface area contributed by atoms with Crippen molar-refractivity contribution in [3.63, 3.8) is 0 Å². The molecule has 0 radical (unpaired) electrons. The lowest BCUT2D eigenvalue weighted by Gasteiger charge is -2.35. The number of nitrogens with one attached hydrogen (secondary N) is 1. The summed E-state index contributed by atoms with van der Waals surface area (Å²) >= 11 is 0. The van der Waals surface area contributed by atoms with E-state index in [0.29, 0.717) is 43.9 Å². The molecule has 1 aliphatic rings. The van der Waals surface area contributed by atoms with Gasteiger partial charge in [-0.1, -0.05) is 12.1 Å². The second kappa shape index (κ2) is 7.21. The zero-order valence-corrected chi connectivity index (χ0v) is 13.7. The topological polar surface area (TPSA) is 65.6 Å². The van der Waals surface area contributed by atoms with E-state index in [1.165, 1.54) is 0 Å². The lowest BCUT2D eigenvalue weighted by Crippen LogP contribution is -2.51. The van der Waals surface area contributed by atoms with Crippen molar-refractivity contribution in [2.24, 2.45) is 0 Å². The van der Waals surface area contributed by atoms with Gasteiger partial charge in [-0.2, -0.15) is 0 Å². The number of carbonyl (C=O) groups is 2. The number of hydrogen-bond acceptors (Lipinski definition) is 3. The molecule has 0 unspecified atom stereocenters. The highest BCUT2D eigenvalue weighted by molar-refractivity contribution is 5.97. The molecule has 0 bridgehead atoms. The third kappa shape index (κ3) is 3.42. The van der Waals surface area contributed by atoms with Crippen LogP contribution in [0.15, 0.2) is 42.7 Å². The van der Waals surface area contributed by atoms with Crippen LogP contribution in [0.4, 0.5) is 0 Å². The Morgan fingerprint density at radius 1 is 1.08 bits per heavy atom. The summed E-state index contributed by atoms with van der Waals surface area (Å²) in [5.41, 5.74) is 1.54. The van der Waals surface area contributed by atoms with Crippen LogP contribution in [-0.4, -0.2) is 59.9 Å². The molecule has 1 saturated heterocycles. The highest BCUT2D eigenvalue weighted by Gasteiger charge is 2.26. The number of ether oxygens (including phenoxy) is 1. The van der Waals surface area contributed by atoms with Gasteiger partial charge in [-0.15, -0.1) is 0 Å². The summed E-state index contributed by atoms with van der Waals surface area (Å²) in [7, 11) is 1.56. The Morgan fingerprint density at radius 3 is 2.46 bits per heavy atom. The molecule has 0 atom stereocenters. The Kier molecular flexibility index (Phi) is 4.84. The minimum absolute atomic E-state index is 0.0508. The fraction of sp³-hybridized carbons (Fsp3) is 0.333. The molecular formula is C18H21N3O3. The summed E-state index contributed by atoms with van der Waals surface area (Å²) in [6, 6.07) is 9.12. The van der Waals surface area contributed by atoms with Crippen LogP contribution in [-0.2, 0) is 11.2 Å². The van der Waals surface area contributed by atoms with E-state index in [-0.39, 0.29) is 11.8 Å². The highest BCUT2D eigenvalue weighted by atomic mass is 16.5. The number of benzene rings is 1. The van der Waals surface area contributed by atoms with Crippen LogP contribution < -0.4 is 4.74 Å². The zero-order valence-electron chi connectivity index (χ0n) is 13.7. The molecule has 24 heavy (non-hydrogen) atoms. The smallest absolute Gasteiger partial charge is 0.257 e. The number of nitrogens with zero attached hydrogens (tertiary/aromatic N) is 2. The van der Waals surface area contributed by atoms with Crippen molar-refractivity contribution >= 4 is 11.8 Å². The van der Waals surface area contributed by atoms with Gasteiger partial charge in [0, 0.05) is 38.6 Å². The molecule has 1 aliphatic heterocycles. The predicted molar refractivity (Wildman–Crippen MR) is 90.0 cm³/mol. The molecule has 2 amide bonds. The van der Waals surface area contributed by atoms with Crippen molar-refractivity contribution in [2.75, 3.05) is 33.3 Å². The molecule has 1 N–H and O–H groups in total. The van der Waals surface area contributed by atoms with Gasteiger partial charge in [-0.05, 0) is 23.8 Å². The summed E-state index contributed by atoms with van der Waals surface area (Å²) in [5.74, 6) is 0.623. The lowest BCUT2D eigenvalue weighted by atomic mass is 10.1. The minimum Gasteiger partial charge on any atom is -0.496 e. The maximum Gasteiger partial charge on any atom is 0.257 e. The van der Waals surface area contributed by atoms with E-state index in [2.05, 4.69) is 4.98 Å². The van der Waals surface area contributed by atoms with Crippen molar-refractivity contribution in [2.45, 2.75) is 6.42 Å². The van der Waals surface area contributed by atoms with E-state index in [4.69, 9.17) is 4.74 Å². The maximum absolute atomic E-state index is 12.7. The fourth-order valence-electron chi connectivity index (χ4n) is 2.91. The number of carbonyl (C=O) groups excluding carboxylic acids is 2. The molecule has 1 fully saturated rings. The van der Waals surface area contributed by atoms with Gasteiger partial charge in [0.25, 0.3) is 5.91 Å². The molecule has 0 aliphatic carbocycles. The Morgan fingerprint density at radius 2 is 1.79 bits per heavy atom. The van der Waals surface area contributed by atoms with Gasteiger partial charge < -0.3 is 19.5 Å². The van der Waals surface area contributed by atoms with Gasteiger partial charge in [0.1, 0.15) is 5.75 Å². The van der Waals surface area contributed by atoms with Gasteiger partial charge in [0.15, 0.2) is 0 Å². The van der Waals surface area contributed by atoms with Crippen LogP contribution >= 0.6 is 0 Å². The normalized spacial score (nSPS) is 14.5. The van der Waals surface area contributed by atoms with Crippen LogP contribution in [0.2, 0.25) is 0 Å². The van der Waals surface area contributed by atoms with Gasteiger partial charge >= 0.3 is 0 Å². The van der Waals surface area contributed by atoms with Gasteiger partial charge in [-0.25, -0.2) is 0 Å². The Balaban J connectivity index is 1.58. The number of rotatable bonds is 4. The zero-order chi connectivity index (χ0) is 16.9. The maximum atomic E-state index is 12.7. The summed E-state index contributed by atoms with van der Waals surface area (Å²) in [6.07, 6.45) is 4.04. The van der Waals surface area contributed by atoms with E-state index in [1.54, 1.807) is 24.1 Å². The minimum atomic E-state index is -0.0508. The summed E-state index contributed by atoms with van der Waals surface area (Å²) in [5, 5.41) is 0. The van der Waals surface area contributed by atoms with Crippen LogP contribution in [0.3, 0.4) is 0 Å². The molecule has 126 valence electrons. The summed E-state index contributed by atoms with van der Waals surface area (Å²) in [6.45, 7) is 2.19. The second-order valence-electron chi connectivity index (χ2n) is 5.77. The number of methoxy groups -OCH3 is 1. The molecular weight excluding hydrogens is 306 g/mol. The summed E-state index contributed by atoms with van der Waals surface area (Å²) < 4.78 is 5.26. The predicted octanol–water partition coefficient (Wildman–Crippen LogP) is 1.55. The summed E-state index contributed by atoms with van der Waals surface area (Å²) in [4.78, 5) is 31.5. The van der Waals surface area contributed by atoms with E-state index in [0.717, 1.165) is 5.56 Å². The number of amides is 2. The van der Waals surface area contributed by atoms with Crippen LogP contribution in [0, 0.1) is 0 Å². The molecule has 2 heterocycles. The molecule has 0 saturated carbocycles. The van der Waals surface area contributed by atoms with E-state index in [1.807, 2.05) is 35.5 Å². The van der Waals surface area contributed by atoms with Crippen LogP contribution in [0.1, 0.15) is 15.9 Å². The number of H-pyrrole nitrogens is 1. The van der Waals surface area contributed by atoms with Crippen LogP contribution in [0.5, 0.6) is 5.75 Å². The first-order valence-corrected chi connectivity index (χ1v) is 8.01. The number of para-hydroxylation sites is 1. The van der Waals surface area contributed by atoms with Crippen LogP contribution in [0.25, 0.3) is 0 Å². The molecule has 0 spiro atoms. The van der Waals surface area contributed by atoms with E-state index >= 15 is 0 Å². The average Bonchev–Trinajstić information content (AvgIpc) is 3.14. The molecule has 6 nitrogen and oxygen atoms in total. The molecule has 2 aromatic rings. The van der Waals surface area contributed by atoms with E-state index < -0.39 is 0 Å². The Bertz CT molecular complexity index is 704. The van der Waals surface area contributed by atoms with Gasteiger partial charge in [0.2, 0.25) is 5.91 Å². The third-order valence-corrected chi connectivity index (χ3v) is 4.27. The molecule has 1 aromatic heterocycles. The van der Waals surface area contributed by atoms with Crippen molar-refractivity contribution < 1.29 is 14.3 Å². The first-order valence-electron chi connectivity index (χ1n) is 8.01. The van der Waals surface area contributed by atoms with Crippen molar-refractivity contribution in [1.82, 2.24) is 14.8 Å². The molecule has 3 rings (SSSR count). The second-order valence-corrected chi connectivity index (χ2v) is 5.77. The van der Waals surface area contributed by atoms with Crippen molar-refractivity contribution in [1.29, 1.82) is 0 Å². The average molecular weight is 327 g/mol. The number of hydrogen-bond donors (Lipinski definition) is 1. The Hall–Kier alpha value is -2.76. The fourth-order valence-corrected chi connectivity index (χ4v) is 2.91. The quantitative estimate of drug-likeness (QED) is 0.926. The molecule has 6 heteroatoms. The standard InChI is InChI=1S/C18H21N3O3/c1-24-16-5-3-2-4-15(16)18(23)21-10-8-20(9-11-21)17(22)12-14-6-7-19-13-14/h2-7,13,19H,8-12H2,1H3. The Labute approximate surface area is 141 Å². The number of aromatic amines is 1. The first-order chi connectivity index (χ1) is 11.7. The largest absolute Gasteiger partial charge is 0.496 e. The first kappa shape index (κ1) is 16.1. The SMILES string of the molecule is COc1ccccc1C(=O)N1CCN(C(=O)Cc2cc[nH]c2)CC1. The number of piperazine rings is 1.